The number of aromatic nitrogens is 1. The van der Waals surface area contributed by atoms with Gasteiger partial charge in [-0.05, 0) is 35.7 Å². The molecule has 0 radical (unpaired) electrons. The molecule has 2 aromatic rings. The maximum absolute atomic E-state index is 6.30. The van der Waals surface area contributed by atoms with Gasteiger partial charge in [-0.25, -0.2) is 0 Å². The molecule has 19 heavy (non-hydrogen) atoms. The number of hydrogen-bond acceptors (Lipinski definition) is 2. The maximum atomic E-state index is 6.30. The minimum Gasteiger partial charge on any atom is -0.330 e. The van der Waals surface area contributed by atoms with Gasteiger partial charge in [-0.1, -0.05) is 42.3 Å². The van der Waals surface area contributed by atoms with Crippen molar-refractivity contribution in [2.75, 3.05) is 6.54 Å². The molecule has 2 N–H and O–H groups in total. The van der Waals surface area contributed by atoms with Gasteiger partial charge in [-0.2, -0.15) is 0 Å². The third-order valence-corrected chi connectivity index (χ3v) is 3.96. The van der Waals surface area contributed by atoms with Crippen LogP contribution >= 0.6 is 23.2 Å². The lowest BCUT2D eigenvalue weighted by Gasteiger charge is -2.30. The second-order valence-corrected chi connectivity index (χ2v) is 5.71. The monoisotopic (exact) mass is 294 g/mol. The molecule has 1 atom stereocenters. The van der Waals surface area contributed by atoms with Crippen molar-refractivity contribution in [1.29, 1.82) is 0 Å². The number of hydrogen-bond donors (Lipinski definition) is 1. The molecule has 1 heterocycles. The largest absolute Gasteiger partial charge is 0.330 e. The lowest BCUT2D eigenvalue weighted by molar-refractivity contribution is 0.481. The topological polar surface area (TPSA) is 38.9 Å². The van der Waals surface area contributed by atoms with Crippen molar-refractivity contribution in [2.24, 2.45) is 5.73 Å². The first-order valence-electron chi connectivity index (χ1n) is 6.10. The molecule has 1 aromatic heterocycles. The van der Waals surface area contributed by atoms with E-state index in [1.54, 1.807) is 6.20 Å². The predicted octanol–water partition coefficient (Wildman–Crippen LogP) is 3.85. The quantitative estimate of drug-likeness (QED) is 0.930. The molecule has 0 fully saturated rings. The van der Waals surface area contributed by atoms with Crippen LogP contribution < -0.4 is 5.73 Å². The minimum atomic E-state index is -0.307. The summed E-state index contributed by atoms with van der Waals surface area (Å²) < 4.78 is 0. The van der Waals surface area contributed by atoms with E-state index in [1.807, 2.05) is 36.5 Å². The molecule has 0 saturated heterocycles. The van der Waals surface area contributed by atoms with Crippen LogP contribution in [0.25, 0.3) is 0 Å². The Morgan fingerprint density at radius 2 is 1.84 bits per heavy atom. The van der Waals surface area contributed by atoms with E-state index >= 15 is 0 Å². The fourth-order valence-corrected chi connectivity index (χ4v) is 3.14. The molecule has 2 rings (SSSR count). The van der Waals surface area contributed by atoms with Crippen molar-refractivity contribution in [3.05, 3.63) is 63.9 Å². The van der Waals surface area contributed by atoms with Gasteiger partial charge in [0.15, 0.2) is 0 Å². The van der Waals surface area contributed by atoms with E-state index in [-0.39, 0.29) is 5.41 Å². The molecule has 0 saturated carbocycles. The van der Waals surface area contributed by atoms with Crippen LogP contribution in [-0.2, 0) is 11.8 Å². The number of nitrogens with zero attached hydrogens (tertiary/aromatic N) is 1. The summed E-state index contributed by atoms with van der Waals surface area (Å²) in [4.78, 5) is 4.13. The number of benzene rings is 1. The van der Waals surface area contributed by atoms with E-state index in [0.717, 1.165) is 17.5 Å². The molecule has 0 aliphatic carbocycles. The molecule has 2 nitrogen and oxygen atoms in total. The molecule has 1 aromatic carbocycles. The van der Waals surface area contributed by atoms with Crippen LogP contribution in [0.15, 0.2) is 42.7 Å². The molecular weight excluding hydrogens is 279 g/mol. The average Bonchev–Trinajstić information content (AvgIpc) is 2.39. The highest BCUT2D eigenvalue weighted by Gasteiger charge is 2.30. The van der Waals surface area contributed by atoms with Gasteiger partial charge < -0.3 is 5.73 Å². The Hall–Kier alpha value is -1.09. The second kappa shape index (κ2) is 5.91. The van der Waals surface area contributed by atoms with E-state index in [4.69, 9.17) is 28.9 Å². The Bertz CT molecular complexity index is 537. The SMILES string of the molecule is CC(CN)(Cc1cccnc1)c1c(Cl)cccc1Cl. The Morgan fingerprint density at radius 1 is 1.16 bits per heavy atom. The van der Waals surface area contributed by atoms with Crippen molar-refractivity contribution in [3.8, 4) is 0 Å². The first-order valence-corrected chi connectivity index (χ1v) is 6.86. The van der Waals surface area contributed by atoms with Crippen LogP contribution in [-0.4, -0.2) is 11.5 Å². The van der Waals surface area contributed by atoms with Gasteiger partial charge in [-0.15, -0.1) is 0 Å². The first kappa shape index (κ1) is 14.3. The summed E-state index contributed by atoms with van der Waals surface area (Å²) in [5.41, 5.74) is 7.70. The lowest BCUT2D eigenvalue weighted by atomic mass is 9.77. The molecule has 4 heteroatoms. The minimum absolute atomic E-state index is 0.307. The van der Waals surface area contributed by atoms with E-state index in [1.165, 1.54) is 0 Å². The van der Waals surface area contributed by atoms with E-state index in [9.17, 15) is 0 Å². The summed E-state index contributed by atoms with van der Waals surface area (Å²) in [6, 6.07) is 9.49. The van der Waals surface area contributed by atoms with Crippen molar-refractivity contribution in [1.82, 2.24) is 4.98 Å². The molecular formula is C15H16Cl2N2. The Morgan fingerprint density at radius 3 is 2.37 bits per heavy atom. The third kappa shape index (κ3) is 3.08. The van der Waals surface area contributed by atoms with Gasteiger partial charge in [0.25, 0.3) is 0 Å². The first-order chi connectivity index (χ1) is 9.07. The fourth-order valence-electron chi connectivity index (χ4n) is 2.29. The Kier molecular flexibility index (Phi) is 4.46. The van der Waals surface area contributed by atoms with Crippen LogP contribution in [0.2, 0.25) is 10.0 Å². The lowest BCUT2D eigenvalue weighted by Crippen LogP contribution is -2.35. The fraction of sp³-hybridized carbons (Fsp3) is 0.267. The number of rotatable bonds is 4. The van der Waals surface area contributed by atoms with Crippen molar-refractivity contribution in [2.45, 2.75) is 18.8 Å². The third-order valence-electron chi connectivity index (χ3n) is 3.33. The summed E-state index contributed by atoms with van der Waals surface area (Å²) in [6.45, 7) is 2.54. The van der Waals surface area contributed by atoms with Gasteiger partial charge >= 0.3 is 0 Å². The van der Waals surface area contributed by atoms with Gasteiger partial charge in [0.2, 0.25) is 0 Å². The highest BCUT2D eigenvalue weighted by Crippen LogP contribution is 2.37. The zero-order chi connectivity index (χ0) is 13.9. The highest BCUT2D eigenvalue weighted by molar-refractivity contribution is 6.36. The summed E-state index contributed by atoms with van der Waals surface area (Å²) >= 11 is 12.6. The van der Waals surface area contributed by atoms with Crippen molar-refractivity contribution in [3.63, 3.8) is 0 Å². The summed E-state index contributed by atoms with van der Waals surface area (Å²) in [6.07, 6.45) is 4.35. The van der Waals surface area contributed by atoms with Crippen LogP contribution in [0, 0.1) is 0 Å². The van der Waals surface area contributed by atoms with E-state index < -0.39 is 0 Å². The molecule has 1 unspecified atom stereocenters. The number of pyridine rings is 1. The average molecular weight is 295 g/mol. The maximum Gasteiger partial charge on any atom is 0.0459 e. The second-order valence-electron chi connectivity index (χ2n) is 4.90. The summed E-state index contributed by atoms with van der Waals surface area (Å²) in [7, 11) is 0. The van der Waals surface area contributed by atoms with E-state index in [2.05, 4.69) is 11.9 Å². The highest BCUT2D eigenvalue weighted by atomic mass is 35.5. The molecule has 100 valence electrons. The van der Waals surface area contributed by atoms with Gasteiger partial charge in [0, 0.05) is 34.4 Å². The van der Waals surface area contributed by atoms with Crippen LogP contribution in [0.3, 0.4) is 0 Å². The van der Waals surface area contributed by atoms with E-state index in [0.29, 0.717) is 16.6 Å². The van der Waals surface area contributed by atoms with Crippen LogP contribution in [0.5, 0.6) is 0 Å². The molecule has 0 amide bonds. The number of halogens is 2. The Balaban J connectivity index is 2.43. The number of nitrogens with two attached hydrogens (primary N) is 1. The van der Waals surface area contributed by atoms with Gasteiger partial charge in [-0.3, -0.25) is 4.98 Å². The van der Waals surface area contributed by atoms with Crippen LogP contribution in [0.1, 0.15) is 18.1 Å². The van der Waals surface area contributed by atoms with Crippen LogP contribution in [0.4, 0.5) is 0 Å². The van der Waals surface area contributed by atoms with Crippen molar-refractivity contribution < 1.29 is 0 Å². The smallest absolute Gasteiger partial charge is 0.0459 e. The zero-order valence-electron chi connectivity index (χ0n) is 10.7. The normalized spacial score (nSPS) is 14.1. The molecule has 0 aliphatic heterocycles. The molecule has 0 aliphatic rings. The summed E-state index contributed by atoms with van der Waals surface area (Å²) in [5.74, 6) is 0. The molecule has 0 spiro atoms. The standard InChI is InChI=1S/C15H16Cl2N2/c1-15(10-18,8-11-4-3-7-19-9-11)14-12(16)5-2-6-13(14)17/h2-7,9H,8,10,18H2,1H3. The van der Waals surface area contributed by atoms with Gasteiger partial charge in [0.1, 0.15) is 0 Å². The molecule has 0 bridgehead atoms. The Labute approximate surface area is 123 Å². The van der Waals surface area contributed by atoms with Crippen molar-refractivity contribution >= 4 is 23.2 Å². The van der Waals surface area contributed by atoms with Gasteiger partial charge in [0.05, 0.1) is 0 Å². The zero-order valence-corrected chi connectivity index (χ0v) is 12.2. The predicted molar refractivity (Wildman–Crippen MR) is 80.8 cm³/mol. The summed E-state index contributed by atoms with van der Waals surface area (Å²) in [5, 5.41) is 1.31.